The Labute approximate surface area is 145 Å². The van der Waals surface area contributed by atoms with E-state index in [-0.39, 0.29) is 11.6 Å². The van der Waals surface area contributed by atoms with E-state index in [1.165, 1.54) is 0 Å². The van der Waals surface area contributed by atoms with Crippen molar-refractivity contribution < 1.29 is 0 Å². The molecule has 0 spiro atoms. The molecule has 8 heteroatoms. The van der Waals surface area contributed by atoms with E-state index in [0.29, 0.717) is 22.4 Å². The fraction of sp³-hybridized carbons (Fsp3) is 0.214. The third-order valence-electron chi connectivity index (χ3n) is 3.15. The lowest BCUT2D eigenvalue weighted by Gasteiger charge is -2.13. The number of nitrogens with zero attached hydrogens (tertiary/aromatic N) is 4. The van der Waals surface area contributed by atoms with Crippen molar-refractivity contribution in [3.8, 4) is 0 Å². The van der Waals surface area contributed by atoms with Gasteiger partial charge in [0, 0.05) is 0 Å². The molecule has 0 amide bonds. The second-order valence-corrected chi connectivity index (χ2v) is 7.36. The number of hydrogen-bond donors (Lipinski definition) is 1. The molecule has 0 aliphatic heterocycles. The molecule has 1 aromatic carbocycles. The SMILES string of the molecule is CC(Cl)(Cl)c1nc(N)c2nc(Br)n(Cc3ccccc3)c2n1. The molecule has 0 saturated heterocycles. The number of imidazole rings is 1. The Balaban J connectivity index is 2.17. The van der Waals surface area contributed by atoms with Crippen LogP contribution >= 0.6 is 39.1 Å². The first-order chi connectivity index (χ1) is 10.4. The lowest BCUT2D eigenvalue weighted by atomic mass is 10.2. The van der Waals surface area contributed by atoms with Crippen molar-refractivity contribution in [1.29, 1.82) is 0 Å². The molecular weight excluding hydrogens is 389 g/mol. The van der Waals surface area contributed by atoms with Crippen LogP contribution in [-0.2, 0) is 10.9 Å². The summed E-state index contributed by atoms with van der Waals surface area (Å²) < 4.78 is 1.29. The molecule has 2 heterocycles. The number of nitrogen functional groups attached to an aromatic ring is 1. The molecule has 3 rings (SSSR count). The molecule has 0 unspecified atom stereocenters. The number of anilines is 1. The number of alkyl halides is 2. The molecule has 0 fully saturated rings. The highest BCUT2D eigenvalue weighted by atomic mass is 79.9. The number of halogens is 3. The van der Waals surface area contributed by atoms with Gasteiger partial charge in [-0.1, -0.05) is 53.5 Å². The van der Waals surface area contributed by atoms with Crippen LogP contribution in [0.25, 0.3) is 11.2 Å². The van der Waals surface area contributed by atoms with Crippen LogP contribution in [0.1, 0.15) is 18.3 Å². The average molecular weight is 401 g/mol. The number of rotatable bonds is 3. The fourth-order valence-electron chi connectivity index (χ4n) is 2.10. The van der Waals surface area contributed by atoms with Crippen LogP contribution in [0.4, 0.5) is 5.82 Å². The van der Waals surface area contributed by atoms with Crippen LogP contribution in [0, 0.1) is 0 Å². The standard InChI is InChI=1S/C14H12BrCl2N5/c1-14(16,17)12-20-10(18)9-11(21-12)22(13(15)19-9)7-8-5-3-2-4-6-8/h2-6H,7H2,1H3,(H2,18,20,21). The van der Waals surface area contributed by atoms with Gasteiger partial charge in [0.05, 0.1) is 6.54 Å². The van der Waals surface area contributed by atoms with Crippen molar-refractivity contribution in [3.63, 3.8) is 0 Å². The van der Waals surface area contributed by atoms with E-state index in [9.17, 15) is 0 Å². The molecule has 2 aromatic heterocycles. The highest BCUT2D eigenvalue weighted by Gasteiger charge is 2.26. The first-order valence-electron chi connectivity index (χ1n) is 6.47. The number of benzene rings is 1. The van der Waals surface area contributed by atoms with E-state index in [2.05, 4.69) is 30.9 Å². The van der Waals surface area contributed by atoms with E-state index >= 15 is 0 Å². The average Bonchev–Trinajstić information content (AvgIpc) is 2.77. The molecule has 5 nitrogen and oxygen atoms in total. The molecule has 2 N–H and O–H groups in total. The molecule has 0 saturated carbocycles. The van der Waals surface area contributed by atoms with Gasteiger partial charge in [-0.3, -0.25) is 4.57 Å². The molecular formula is C14H12BrCl2N5. The Kier molecular flexibility index (Phi) is 4.01. The quantitative estimate of drug-likeness (QED) is 0.535. The summed E-state index contributed by atoms with van der Waals surface area (Å²) in [7, 11) is 0. The largest absolute Gasteiger partial charge is 0.382 e. The third-order valence-corrected chi connectivity index (χ3v) is 4.09. The smallest absolute Gasteiger partial charge is 0.179 e. The van der Waals surface area contributed by atoms with Gasteiger partial charge in [0.1, 0.15) is 0 Å². The number of fused-ring (bicyclic) bond motifs is 1. The minimum atomic E-state index is -1.23. The zero-order valence-electron chi connectivity index (χ0n) is 11.6. The monoisotopic (exact) mass is 399 g/mol. The minimum absolute atomic E-state index is 0.250. The Morgan fingerprint density at radius 1 is 1.18 bits per heavy atom. The predicted molar refractivity (Wildman–Crippen MR) is 92.0 cm³/mol. The second kappa shape index (κ2) is 5.68. The molecule has 22 heavy (non-hydrogen) atoms. The van der Waals surface area contributed by atoms with Gasteiger partial charge in [0.15, 0.2) is 31.9 Å². The summed E-state index contributed by atoms with van der Waals surface area (Å²) in [6.07, 6.45) is 0. The Morgan fingerprint density at radius 3 is 2.50 bits per heavy atom. The maximum absolute atomic E-state index is 6.09. The van der Waals surface area contributed by atoms with E-state index in [1.54, 1.807) is 6.92 Å². The molecule has 3 aromatic rings. The lowest BCUT2D eigenvalue weighted by molar-refractivity contribution is 0.777. The van der Waals surface area contributed by atoms with Gasteiger partial charge in [-0.25, -0.2) is 15.0 Å². The van der Waals surface area contributed by atoms with Crippen LogP contribution in [-0.4, -0.2) is 19.5 Å². The van der Waals surface area contributed by atoms with Gasteiger partial charge >= 0.3 is 0 Å². The van der Waals surface area contributed by atoms with Gasteiger partial charge in [-0.05, 0) is 28.4 Å². The van der Waals surface area contributed by atoms with Gasteiger partial charge < -0.3 is 5.73 Å². The van der Waals surface area contributed by atoms with Crippen molar-refractivity contribution in [2.45, 2.75) is 17.8 Å². The topological polar surface area (TPSA) is 69.6 Å². The molecule has 114 valence electrons. The summed E-state index contributed by atoms with van der Waals surface area (Å²) in [5.41, 5.74) is 8.18. The van der Waals surface area contributed by atoms with E-state index < -0.39 is 4.33 Å². The highest BCUT2D eigenvalue weighted by Crippen LogP contribution is 2.33. The van der Waals surface area contributed by atoms with Crippen LogP contribution in [0.3, 0.4) is 0 Å². The van der Waals surface area contributed by atoms with Gasteiger partial charge in [0.2, 0.25) is 0 Å². The first-order valence-corrected chi connectivity index (χ1v) is 8.02. The van der Waals surface area contributed by atoms with Crippen molar-refractivity contribution in [2.24, 2.45) is 0 Å². The number of aromatic nitrogens is 4. The van der Waals surface area contributed by atoms with Gasteiger partial charge in [-0.2, -0.15) is 0 Å². The summed E-state index contributed by atoms with van der Waals surface area (Å²) in [6.45, 7) is 2.19. The van der Waals surface area contributed by atoms with Crippen LogP contribution < -0.4 is 5.73 Å². The van der Waals surface area contributed by atoms with Gasteiger partial charge in [0.25, 0.3) is 0 Å². The summed E-state index contributed by atoms with van der Waals surface area (Å²) in [5.74, 6) is 0.502. The van der Waals surface area contributed by atoms with Crippen molar-refractivity contribution in [3.05, 3.63) is 46.5 Å². The third kappa shape index (κ3) is 2.91. The predicted octanol–water partition coefficient (Wildman–Crippen LogP) is 3.87. The summed E-state index contributed by atoms with van der Waals surface area (Å²) in [6, 6.07) is 9.97. The lowest BCUT2D eigenvalue weighted by Crippen LogP contribution is -2.13. The van der Waals surface area contributed by atoms with Crippen molar-refractivity contribution >= 4 is 56.1 Å². The Hall–Kier alpha value is -1.37. The molecule has 0 atom stereocenters. The summed E-state index contributed by atoms with van der Waals surface area (Å²) >= 11 is 15.6. The van der Waals surface area contributed by atoms with Crippen molar-refractivity contribution in [2.75, 3.05) is 5.73 Å². The van der Waals surface area contributed by atoms with Crippen LogP contribution in [0.15, 0.2) is 35.1 Å². The van der Waals surface area contributed by atoms with Crippen LogP contribution in [0.2, 0.25) is 0 Å². The summed E-state index contributed by atoms with van der Waals surface area (Å²) in [5, 5.41) is 0. The Bertz CT molecular complexity index is 827. The highest BCUT2D eigenvalue weighted by molar-refractivity contribution is 9.10. The molecule has 0 bridgehead atoms. The minimum Gasteiger partial charge on any atom is -0.382 e. The molecule has 0 aliphatic rings. The zero-order valence-corrected chi connectivity index (χ0v) is 14.7. The normalized spacial score (nSPS) is 12.0. The first kappa shape index (κ1) is 15.5. The van der Waals surface area contributed by atoms with E-state index in [1.807, 2.05) is 34.9 Å². The molecule has 0 radical (unpaired) electrons. The number of hydrogen-bond acceptors (Lipinski definition) is 4. The second-order valence-electron chi connectivity index (χ2n) is 4.95. The maximum atomic E-state index is 6.09. The number of nitrogens with two attached hydrogens (primary N) is 1. The van der Waals surface area contributed by atoms with Crippen molar-refractivity contribution in [1.82, 2.24) is 19.5 Å². The Morgan fingerprint density at radius 2 is 1.86 bits per heavy atom. The zero-order chi connectivity index (χ0) is 15.9. The van der Waals surface area contributed by atoms with E-state index in [0.717, 1.165) is 5.56 Å². The van der Waals surface area contributed by atoms with E-state index in [4.69, 9.17) is 28.9 Å². The van der Waals surface area contributed by atoms with Gasteiger partial charge in [-0.15, -0.1) is 0 Å². The maximum Gasteiger partial charge on any atom is 0.179 e. The fourth-order valence-corrected chi connectivity index (χ4v) is 2.74. The summed E-state index contributed by atoms with van der Waals surface area (Å²) in [4.78, 5) is 13.0. The van der Waals surface area contributed by atoms with Crippen LogP contribution in [0.5, 0.6) is 0 Å². The molecule has 0 aliphatic carbocycles.